The van der Waals surface area contributed by atoms with Gasteiger partial charge in [0.25, 0.3) is 0 Å². The Morgan fingerprint density at radius 1 is 1.20 bits per heavy atom. The molecule has 3 atom stereocenters. The first-order valence-electron chi connectivity index (χ1n) is 9.32. The van der Waals surface area contributed by atoms with E-state index in [1.54, 1.807) is 7.11 Å². The van der Waals surface area contributed by atoms with Crippen molar-refractivity contribution in [3.63, 3.8) is 0 Å². The fourth-order valence-corrected chi connectivity index (χ4v) is 3.52. The molecule has 0 amide bonds. The van der Waals surface area contributed by atoms with E-state index in [0.29, 0.717) is 12.2 Å². The van der Waals surface area contributed by atoms with E-state index in [-0.39, 0.29) is 6.29 Å². The van der Waals surface area contributed by atoms with Gasteiger partial charge < -0.3 is 26.0 Å². The summed E-state index contributed by atoms with van der Waals surface area (Å²) in [5, 5.41) is 20.8. The highest BCUT2D eigenvalue weighted by Crippen LogP contribution is 2.23. The van der Waals surface area contributed by atoms with Gasteiger partial charge in [-0.2, -0.15) is 0 Å². The monoisotopic (exact) mass is 348 g/mol. The molecule has 7 nitrogen and oxygen atoms in total. The van der Waals surface area contributed by atoms with E-state index in [1.807, 2.05) is 13.1 Å². The minimum atomic E-state index is 0.0584. The average Bonchev–Trinajstić information content (AvgIpc) is 3.16. The molecule has 6 N–H and O–H groups in total. The molecule has 140 valence electrons. The number of anilines is 1. The van der Waals surface area contributed by atoms with Gasteiger partial charge in [-0.25, -0.2) is 0 Å². The summed E-state index contributed by atoms with van der Waals surface area (Å²) in [6.45, 7) is 3.93. The molecular weight excluding hydrogens is 316 g/mol. The van der Waals surface area contributed by atoms with Crippen LogP contribution in [0.3, 0.4) is 0 Å². The van der Waals surface area contributed by atoms with E-state index in [0.717, 1.165) is 44.0 Å². The summed E-state index contributed by atoms with van der Waals surface area (Å²) in [6.07, 6.45) is 4.00. The van der Waals surface area contributed by atoms with Crippen LogP contribution in [0.1, 0.15) is 24.8 Å². The number of ether oxygens (including phenoxy) is 1. The molecule has 1 aromatic carbocycles. The number of rotatable bonds is 8. The molecule has 1 aromatic rings. The molecule has 2 unspecified atom stereocenters. The standard InChI is InChI=1S/C18H32N6O/c1-19-17-7-9-22-18(24-17)23-14-5-6-16(25-2)13(10-14)11-20-12-15-4-3-8-21-15/h5-6,10,15,17-24H,3-4,7-9,11-12H2,1-2H3/t15-,17?,18?/m0/s1. The van der Waals surface area contributed by atoms with Crippen molar-refractivity contribution in [2.24, 2.45) is 0 Å². The first-order valence-corrected chi connectivity index (χ1v) is 9.32. The van der Waals surface area contributed by atoms with Crippen LogP contribution in [0.5, 0.6) is 5.75 Å². The molecule has 0 aromatic heterocycles. The lowest BCUT2D eigenvalue weighted by Gasteiger charge is -2.33. The average molecular weight is 348 g/mol. The number of methoxy groups -OCH3 is 1. The molecule has 25 heavy (non-hydrogen) atoms. The third-order valence-electron chi connectivity index (χ3n) is 4.96. The zero-order valence-corrected chi connectivity index (χ0v) is 15.3. The lowest BCUT2D eigenvalue weighted by molar-refractivity contribution is 0.295. The van der Waals surface area contributed by atoms with Gasteiger partial charge in [-0.3, -0.25) is 10.6 Å². The summed E-state index contributed by atoms with van der Waals surface area (Å²) in [7, 11) is 3.71. The molecule has 2 aliphatic heterocycles. The maximum atomic E-state index is 5.52. The van der Waals surface area contributed by atoms with Crippen LogP contribution in [0.4, 0.5) is 5.69 Å². The number of hydrogen-bond donors (Lipinski definition) is 6. The minimum Gasteiger partial charge on any atom is -0.496 e. The van der Waals surface area contributed by atoms with Gasteiger partial charge >= 0.3 is 0 Å². The SMILES string of the molecule is CNC1CCNC(Nc2ccc(OC)c(CNC[C@@H]3CCCN3)c2)N1. The van der Waals surface area contributed by atoms with Gasteiger partial charge in [-0.05, 0) is 51.1 Å². The molecule has 0 spiro atoms. The summed E-state index contributed by atoms with van der Waals surface area (Å²) in [4.78, 5) is 0. The van der Waals surface area contributed by atoms with E-state index < -0.39 is 0 Å². The molecule has 2 aliphatic rings. The van der Waals surface area contributed by atoms with Crippen molar-refractivity contribution in [3.05, 3.63) is 23.8 Å². The van der Waals surface area contributed by atoms with Gasteiger partial charge in [-0.1, -0.05) is 0 Å². The predicted octanol–water partition coefficient (Wildman–Crippen LogP) is 0.361. The van der Waals surface area contributed by atoms with Crippen LogP contribution < -0.4 is 36.6 Å². The van der Waals surface area contributed by atoms with Crippen molar-refractivity contribution in [1.29, 1.82) is 0 Å². The third kappa shape index (κ3) is 5.29. The molecule has 0 aliphatic carbocycles. The quantitative estimate of drug-likeness (QED) is 0.405. The minimum absolute atomic E-state index is 0.0584. The molecule has 2 fully saturated rings. The molecule has 7 heteroatoms. The fraction of sp³-hybridized carbons (Fsp3) is 0.667. The van der Waals surface area contributed by atoms with Crippen LogP contribution in [0.2, 0.25) is 0 Å². The van der Waals surface area contributed by atoms with Crippen molar-refractivity contribution in [2.45, 2.75) is 44.3 Å². The zero-order chi connectivity index (χ0) is 17.5. The lowest BCUT2D eigenvalue weighted by Crippen LogP contribution is -2.61. The van der Waals surface area contributed by atoms with Crippen molar-refractivity contribution in [2.75, 3.05) is 39.1 Å². The molecule has 2 heterocycles. The second kappa shape index (κ2) is 9.35. The molecular formula is C18H32N6O. The van der Waals surface area contributed by atoms with Crippen LogP contribution in [0, 0.1) is 0 Å². The zero-order valence-electron chi connectivity index (χ0n) is 15.3. The highest BCUT2D eigenvalue weighted by atomic mass is 16.5. The van der Waals surface area contributed by atoms with Crippen LogP contribution in [-0.2, 0) is 6.54 Å². The van der Waals surface area contributed by atoms with Crippen LogP contribution in [0.15, 0.2) is 18.2 Å². The summed E-state index contributed by atoms with van der Waals surface area (Å²) in [5.74, 6) is 0.926. The van der Waals surface area contributed by atoms with E-state index in [1.165, 1.54) is 18.4 Å². The maximum Gasteiger partial charge on any atom is 0.133 e. The van der Waals surface area contributed by atoms with Gasteiger partial charge in [0, 0.05) is 36.9 Å². The number of hydrogen-bond acceptors (Lipinski definition) is 7. The normalized spacial score (nSPS) is 26.6. The Balaban J connectivity index is 1.56. The van der Waals surface area contributed by atoms with Gasteiger partial charge in [0.2, 0.25) is 0 Å². The number of nitrogens with one attached hydrogen (secondary N) is 6. The summed E-state index contributed by atoms with van der Waals surface area (Å²) >= 11 is 0. The first-order chi connectivity index (χ1) is 12.3. The molecule has 0 radical (unpaired) electrons. The summed E-state index contributed by atoms with van der Waals surface area (Å²) < 4.78 is 5.52. The smallest absolute Gasteiger partial charge is 0.133 e. The van der Waals surface area contributed by atoms with Gasteiger partial charge in [-0.15, -0.1) is 0 Å². The van der Waals surface area contributed by atoms with Gasteiger partial charge in [0.15, 0.2) is 0 Å². The second-order valence-corrected chi connectivity index (χ2v) is 6.78. The molecule has 0 bridgehead atoms. The Morgan fingerprint density at radius 2 is 2.12 bits per heavy atom. The van der Waals surface area contributed by atoms with E-state index >= 15 is 0 Å². The van der Waals surface area contributed by atoms with Crippen molar-refractivity contribution < 1.29 is 4.74 Å². The Hall–Kier alpha value is -1.38. The Morgan fingerprint density at radius 3 is 2.88 bits per heavy atom. The lowest BCUT2D eigenvalue weighted by atomic mass is 10.1. The second-order valence-electron chi connectivity index (χ2n) is 6.78. The van der Waals surface area contributed by atoms with Crippen molar-refractivity contribution in [3.8, 4) is 5.75 Å². The predicted molar refractivity (Wildman–Crippen MR) is 102 cm³/mol. The Bertz CT molecular complexity index is 534. The highest BCUT2D eigenvalue weighted by molar-refractivity contribution is 5.51. The molecule has 0 saturated carbocycles. The molecule has 2 saturated heterocycles. The van der Waals surface area contributed by atoms with Gasteiger partial charge in [0.1, 0.15) is 12.0 Å². The van der Waals surface area contributed by atoms with E-state index in [4.69, 9.17) is 4.74 Å². The summed E-state index contributed by atoms with van der Waals surface area (Å²) in [6, 6.07) is 6.86. The van der Waals surface area contributed by atoms with E-state index in [2.05, 4.69) is 44.0 Å². The maximum absolute atomic E-state index is 5.52. The topological polar surface area (TPSA) is 81.4 Å². The van der Waals surface area contributed by atoms with Gasteiger partial charge in [0.05, 0.1) is 13.3 Å². The van der Waals surface area contributed by atoms with Crippen LogP contribution in [-0.4, -0.2) is 52.3 Å². The Labute approximate surface area is 150 Å². The highest BCUT2D eigenvalue weighted by Gasteiger charge is 2.19. The third-order valence-corrected chi connectivity index (χ3v) is 4.96. The fourth-order valence-electron chi connectivity index (χ4n) is 3.52. The van der Waals surface area contributed by atoms with Crippen LogP contribution >= 0.6 is 0 Å². The largest absolute Gasteiger partial charge is 0.496 e. The molecule has 3 rings (SSSR count). The van der Waals surface area contributed by atoms with Crippen molar-refractivity contribution >= 4 is 5.69 Å². The van der Waals surface area contributed by atoms with Crippen molar-refractivity contribution in [1.82, 2.24) is 26.6 Å². The van der Waals surface area contributed by atoms with Crippen LogP contribution in [0.25, 0.3) is 0 Å². The van der Waals surface area contributed by atoms with E-state index in [9.17, 15) is 0 Å². The first kappa shape index (κ1) is 18.4. The Kier molecular flexibility index (Phi) is 6.89. The summed E-state index contributed by atoms with van der Waals surface area (Å²) in [5.41, 5.74) is 2.25. The number of benzene rings is 1.